The van der Waals surface area contributed by atoms with Crippen molar-refractivity contribution in [3.63, 3.8) is 0 Å². The molecule has 3 N–H and O–H groups in total. The Morgan fingerprint density at radius 1 is 1.43 bits per heavy atom. The van der Waals surface area contributed by atoms with Crippen LogP contribution in [0.15, 0.2) is 18.5 Å². The second-order valence-electron chi connectivity index (χ2n) is 6.89. The number of hydrogen-bond donors (Lipinski definition) is 3. The molecular formula is C16H22N6O. The number of rotatable bonds is 5. The maximum Gasteiger partial charge on any atom is 0.324 e. The van der Waals surface area contributed by atoms with E-state index in [2.05, 4.69) is 39.8 Å². The molecule has 0 spiro atoms. The first kappa shape index (κ1) is 14.3. The van der Waals surface area contributed by atoms with Gasteiger partial charge in [-0.2, -0.15) is 10.2 Å². The molecule has 3 atom stereocenters. The minimum Gasteiger partial charge on any atom is -0.305 e. The number of aromatic amines is 1. The Labute approximate surface area is 134 Å². The minimum absolute atomic E-state index is 0.300. The third-order valence-corrected chi connectivity index (χ3v) is 4.93. The van der Waals surface area contributed by atoms with E-state index in [0.717, 1.165) is 11.6 Å². The van der Waals surface area contributed by atoms with Gasteiger partial charge in [0.15, 0.2) is 5.82 Å². The van der Waals surface area contributed by atoms with Crippen molar-refractivity contribution in [1.82, 2.24) is 20.0 Å². The second-order valence-corrected chi connectivity index (χ2v) is 6.89. The van der Waals surface area contributed by atoms with Gasteiger partial charge in [-0.3, -0.25) is 15.1 Å². The van der Waals surface area contributed by atoms with Crippen molar-refractivity contribution in [2.45, 2.75) is 45.1 Å². The smallest absolute Gasteiger partial charge is 0.305 e. The Kier molecular flexibility index (Phi) is 3.36. The van der Waals surface area contributed by atoms with Crippen LogP contribution in [0.1, 0.15) is 50.8 Å². The molecule has 2 heterocycles. The van der Waals surface area contributed by atoms with Crippen molar-refractivity contribution >= 4 is 17.5 Å². The lowest BCUT2D eigenvalue weighted by Gasteiger charge is -2.09. The molecule has 23 heavy (non-hydrogen) atoms. The topological polar surface area (TPSA) is 87.6 Å². The fraction of sp³-hybridized carbons (Fsp3) is 0.562. The number of carbonyl (C=O) groups is 1. The van der Waals surface area contributed by atoms with Crippen LogP contribution in [0.5, 0.6) is 0 Å². The standard InChI is InChI=1S/C16H22N6O/c1-9-5-13(9)14-6-15(21-20-14)19-16(23)18-12-7-17-22(8-12)10(2)11-3-4-11/h6-11,13H,3-5H2,1-2H3,(H3,18,19,20,21,23)/t9-,10-,13-/m1/s1. The molecular weight excluding hydrogens is 292 g/mol. The fourth-order valence-corrected chi connectivity index (χ4v) is 3.04. The van der Waals surface area contributed by atoms with Crippen LogP contribution in [0, 0.1) is 11.8 Å². The molecule has 2 aliphatic carbocycles. The summed E-state index contributed by atoms with van der Waals surface area (Å²) in [5.41, 5.74) is 1.79. The number of amides is 2. The number of urea groups is 1. The van der Waals surface area contributed by atoms with Crippen molar-refractivity contribution in [3.8, 4) is 0 Å². The van der Waals surface area contributed by atoms with Gasteiger partial charge in [0.25, 0.3) is 0 Å². The first-order valence-electron chi connectivity index (χ1n) is 8.27. The highest BCUT2D eigenvalue weighted by molar-refractivity contribution is 5.98. The van der Waals surface area contributed by atoms with Gasteiger partial charge in [-0.15, -0.1) is 0 Å². The molecule has 2 saturated carbocycles. The van der Waals surface area contributed by atoms with Gasteiger partial charge in [0.1, 0.15) is 0 Å². The van der Waals surface area contributed by atoms with Crippen LogP contribution in [0.2, 0.25) is 0 Å². The summed E-state index contributed by atoms with van der Waals surface area (Å²) in [5, 5.41) is 17.0. The Morgan fingerprint density at radius 3 is 2.91 bits per heavy atom. The van der Waals surface area contributed by atoms with E-state index in [0.29, 0.717) is 29.4 Å². The van der Waals surface area contributed by atoms with E-state index in [1.165, 1.54) is 19.3 Å². The molecule has 7 nitrogen and oxygen atoms in total. The number of nitrogens with one attached hydrogen (secondary N) is 3. The highest BCUT2D eigenvalue weighted by Gasteiger charge is 2.35. The molecule has 0 radical (unpaired) electrons. The highest BCUT2D eigenvalue weighted by atomic mass is 16.2. The predicted octanol–water partition coefficient (Wildman–Crippen LogP) is 3.34. The lowest BCUT2D eigenvalue weighted by Crippen LogP contribution is -2.19. The molecule has 2 aromatic rings. The van der Waals surface area contributed by atoms with Crippen molar-refractivity contribution in [3.05, 3.63) is 24.2 Å². The van der Waals surface area contributed by atoms with Gasteiger partial charge in [-0.25, -0.2) is 4.79 Å². The van der Waals surface area contributed by atoms with Gasteiger partial charge in [-0.05, 0) is 38.0 Å². The lowest BCUT2D eigenvalue weighted by molar-refractivity contribution is 0.262. The van der Waals surface area contributed by atoms with Gasteiger partial charge in [0.05, 0.1) is 17.9 Å². The molecule has 0 aliphatic heterocycles. The number of aromatic nitrogens is 4. The average molecular weight is 314 g/mol. The van der Waals surface area contributed by atoms with Gasteiger partial charge in [-0.1, -0.05) is 6.92 Å². The van der Waals surface area contributed by atoms with Crippen molar-refractivity contribution in [2.24, 2.45) is 11.8 Å². The minimum atomic E-state index is -0.300. The summed E-state index contributed by atoms with van der Waals surface area (Å²) in [4.78, 5) is 12.1. The first-order valence-corrected chi connectivity index (χ1v) is 8.27. The maximum atomic E-state index is 12.1. The molecule has 0 saturated heterocycles. The Morgan fingerprint density at radius 2 is 2.22 bits per heavy atom. The van der Waals surface area contributed by atoms with Gasteiger partial charge in [0.2, 0.25) is 0 Å². The molecule has 4 rings (SSSR count). The Bertz CT molecular complexity index is 716. The van der Waals surface area contributed by atoms with Crippen LogP contribution >= 0.6 is 0 Å². The van der Waals surface area contributed by atoms with E-state index < -0.39 is 0 Å². The largest absolute Gasteiger partial charge is 0.324 e. The number of carbonyl (C=O) groups excluding carboxylic acids is 1. The van der Waals surface area contributed by atoms with E-state index in [4.69, 9.17) is 0 Å². The Balaban J connectivity index is 1.33. The van der Waals surface area contributed by atoms with Crippen molar-refractivity contribution in [2.75, 3.05) is 10.6 Å². The molecule has 122 valence electrons. The van der Waals surface area contributed by atoms with Crippen LogP contribution in [0.3, 0.4) is 0 Å². The third-order valence-electron chi connectivity index (χ3n) is 4.93. The number of hydrogen-bond acceptors (Lipinski definition) is 3. The quantitative estimate of drug-likeness (QED) is 0.791. The van der Waals surface area contributed by atoms with Crippen LogP contribution in [-0.4, -0.2) is 26.0 Å². The Hall–Kier alpha value is -2.31. The molecule has 0 aromatic carbocycles. The monoisotopic (exact) mass is 314 g/mol. The van der Waals surface area contributed by atoms with E-state index in [1.54, 1.807) is 6.20 Å². The molecule has 0 bridgehead atoms. The second kappa shape index (κ2) is 5.40. The van der Waals surface area contributed by atoms with Crippen molar-refractivity contribution in [1.29, 1.82) is 0 Å². The fourth-order valence-electron chi connectivity index (χ4n) is 3.04. The summed E-state index contributed by atoms with van der Waals surface area (Å²) in [6.07, 6.45) is 7.29. The van der Waals surface area contributed by atoms with E-state index in [9.17, 15) is 4.79 Å². The summed E-state index contributed by atoms with van der Waals surface area (Å²) in [7, 11) is 0. The summed E-state index contributed by atoms with van der Waals surface area (Å²) in [5.74, 6) is 2.54. The summed E-state index contributed by atoms with van der Waals surface area (Å²) in [6, 6.07) is 2.00. The molecule has 2 fully saturated rings. The average Bonchev–Trinajstić information content (AvgIpc) is 3.40. The zero-order chi connectivity index (χ0) is 16.0. The van der Waals surface area contributed by atoms with Gasteiger partial charge in [0, 0.05) is 23.9 Å². The first-order chi connectivity index (χ1) is 11.1. The number of anilines is 2. The molecule has 2 aliphatic rings. The zero-order valence-electron chi connectivity index (χ0n) is 13.4. The van der Waals surface area contributed by atoms with Gasteiger partial charge < -0.3 is 5.32 Å². The van der Waals surface area contributed by atoms with Crippen LogP contribution in [0.25, 0.3) is 0 Å². The number of H-pyrrole nitrogens is 1. The van der Waals surface area contributed by atoms with Crippen LogP contribution < -0.4 is 10.6 Å². The third kappa shape index (κ3) is 3.09. The lowest BCUT2D eigenvalue weighted by atomic mass is 10.2. The van der Waals surface area contributed by atoms with E-state index in [1.807, 2.05) is 16.9 Å². The highest BCUT2D eigenvalue weighted by Crippen LogP contribution is 2.46. The predicted molar refractivity (Wildman–Crippen MR) is 87.4 cm³/mol. The maximum absolute atomic E-state index is 12.1. The summed E-state index contributed by atoms with van der Waals surface area (Å²) in [6.45, 7) is 4.38. The zero-order valence-corrected chi connectivity index (χ0v) is 13.4. The summed E-state index contributed by atoms with van der Waals surface area (Å²) >= 11 is 0. The van der Waals surface area contributed by atoms with E-state index >= 15 is 0 Å². The van der Waals surface area contributed by atoms with Gasteiger partial charge >= 0.3 is 6.03 Å². The number of nitrogens with zero attached hydrogens (tertiary/aromatic N) is 3. The van der Waals surface area contributed by atoms with Crippen LogP contribution in [0.4, 0.5) is 16.3 Å². The SMILES string of the molecule is C[C@@H]1C[C@H]1c1cc(NC(=O)Nc2cnn([C@H](C)C3CC3)c2)n[nH]1. The van der Waals surface area contributed by atoms with E-state index in [-0.39, 0.29) is 6.03 Å². The van der Waals surface area contributed by atoms with Crippen LogP contribution in [-0.2, 0) is 0 Å². The molecule has 2 amide bonds. The summed E-state index contributed by atoms with van der Waals surface area (Å²) < 4.78 is 1.93. The molecule has 0 unspecified atom stereocenters. The normalized spacial score (nSPS) is 24.3. The molecule has 7 heteroatoms. The van der Waals surface area contributed by atoms with Crippen molar-refractivity contribution < 1.29 is 4.79 Å². The molecule has 2 aromatic heterocycles.